The molecule has 0 saturated carbocycles. The van der Waals surface area contributed by atoms with Crippen molar-refractivity contribution in [3.05, 3.63) is 0 Å². The summed E-state index contributed by atoms with van der Waals surface area (Å²) in [5.41, 5.74) is 0. The predicted molar refractivity (Wildman–Crippen MR) is 59.1 cm³/mol. The Kier molecular flexibility index (Phi) is 4.64. The van der Waals surface area contributed by atoms with Crippen LogP contribution in [0, 0.1) is 18.3 Å². The van der Waals surface area contributed by atoms with Crippen molar-refractivity contribution in [3.8, 4) is 12.3 Å². The van der Waals surface area contributed by atoms with E-state index in [0.29, 0.717) is 18.8 Å². The molecule has 0 aromatic rings. The van der Waals surface area contributed by atoms with Crippen LogP contribution in [0.4, 0.5) is 0 Å². The maximum Gasteiger partial charge on any atom is 0.223 e. The molecule has 1 unspecified atom stereocenters. The van der Waals surface area contributed by atoms with Gasteiger partial charge in [0.25, 0.3) is 0 Å². The summed E-state index contributed by atoms with van der Waals surface area (Å²) >= 11 is 0. The van der Waals surface area contributed by atoms with Crippen LogP contribution in [0.15, 0.2) is 0 Å². The summed E-state index contributed by atoms with van der Waals surface area (Å²) in [4.78, 5) is 13.5. The van der Waals surface area contributed by atoms with E-state index >= 15 is 0 Å². The van der Waals surface area contributed by atoms with Crippen molar-refractivity contribution in [2.24, 2.45) is 5.92 Å². The minimum Gasteiger partial charge on any atom is -0.393 e. The van der Waals surface area contributed by atoms with Crippen LogP contribution < -0.4 is 0 Å². The molecule has 0 bridgehead atoms. The summed E-state index contributed by atoms with van der Waals surface area (Å²) in [5.74, 6) is 2.98. The molecule has 1 aliphatic rings. The van der Waals surface area contributed by atoms with Crippen molar-refractivity contribution in [1.29, 1.82) is 0 Å². The number of nitrogens with zero attached hydrogens (tertiary/aromatic N) is 1. The molecule has 1 fully saturated rings. The van der Waals surface area contributed by atoms with Gasteiger partial charge in [-0.1, -0.05) is 0 Å². The highest BCUT2D eigenvalue weighted by Crippen LogP contribution is 2.20. The second-order valence-electron chi connectivity index (χ2n) is 4.16. The first-order valence-electron chi connectivity index (χ1n) is 5.54. The zero-order valence-electron chi connectivity index (χ0n) is 9.28. The fraction of sp³-hybridized carbons (Fsp3) is 0.750. The van der Waals surface area contributed by atoms with E-state index in [9.17, 15) is 9.90 Å². The number of rotatable bonds is 3. The van der Waals surface area contributed by atoms with E-state index in [2.05, 4.69) is 5.92 Å². The third kappa shape index (κ3) is 3.56. The number of likely N-dealkylation sites (tertiary alicyclic amines) is 1. The summed E-state index contributed by atoms with van der Waals surface area (Å²) in [7, 11) is 0. The van der Waals surface area contributed by atoms with Crippen molar-refractivity contribution < 1.29 is 9.90 Å². The SMILES string of the molecule is C#CCCC(=O)N1CCC(C(C)O)CC1. The normalized spacial score (nSPS) is 19.7. The zero-order valence-corrected chi connectivity index (χ0v) is 9.28. The molecule has 0 radical (unpaired) electrons. The van der Waals surface area contributed by atoms with Gasteiger partial charge in [-0.3, -0.25) is 4.79 Å². The minimum absolute atomic E-state index is 0.150. The third-order valence-electron chi connectivity index (χ3n) is 3.06. The second-order valence-corrected chi connectivity index (χ2v) is 4.16. The van der Waals surface area contributed by atoms with E-state index in [4.69, 9.17) is 6.42 Å². The summed E-state index contributed by atoms with van der Waals surface area (Å²) in [6, 6.07) is 0. The Labute approximate surface area is 91.5 Å². The number of aliphatic hydroxyl groups excluding tert-OH is 1. The Bertz CT molecular complexity index is 247. The first-order chi connectivity index (χ1) is 7.15. The van der Waals surface area contributed by atoms with Gasteiger partial charge in [-0.2, -0.15) is 0 Å². The van der Waals surface area contributed by atoms with E-state index in [-0.39, 0.29) is 12.0 Å². The number of carbonyl (C=O) groups is 1. The molecular weight excluding hydrogens is 190 g/mol. The Morgan fingerprint density at radius 2 is 2.20 bits per heavy atom. The molecular formula is C12H19NO2. The highest BCUT2D eigenvalue weighted by atomic mass is 16.3. The lowest BCUT2D eigenvalue weighted by molar-refractivity contribution is -0.133. The Balaban J connectivity index is 2.31. The number of hydrogen-bond donors (Lipinski definition) is 1. The maximum absolute atomic E-state index is 11.6. The van der Waals surface area contributed by atoms with Gasteiger partial charge < -0.3 is 10.0 Å². The monoisotopic (exact) mass is 209 g/mol. The van der Waals surface area contributed by atoms with Gasteiger partial charge in [-0.25, -0.2) is 0 Å². The Hall–Kier alpha value is -1.01. The van der Waals surface area contributed by atoms with E-state index in [1.54, 1.807) is 0 Å². The topological polar surface area (TPSA) is 40.5 Å². The van der Waals surface area contributed by atoms with E-state index < -0.39 is 0 Å². The van der Waals surface area contributed by atoms with Crippen LogP contribution in [0.5, 0.6) is 0 Å². The fourth-order valence-electron chi connectivity index (χ4n) is 1.97. The lowest BCUT2D eigenvalue weighted by atomic mass is 9.92. The molecule has 1 saturated heterocycles. The molecule has 1 amide bonds. The Morgan fingerprint density at radius 3 is 2.67 bits per heavy atom. The van der Waals surface area contributed by atoms with Crippen LogP contribution in [0.25, 0.3) is 0 Å². The van der Waals surface area contributed by atoms with Crippen LogP contribution in [-0.4, -0.2) is 35.1 Å². The lowest BCUT2D eigenvalue weighted by Crippen LogP contribution is -2.40. The Morgan fingerprint density at radius 1 is 1.60 bits per heavy atom. The summed E-state index contributed by atoms with van der Waals surface area (Å²) in [6.45, 7) is 3.35. The molecule has 0 aliphatic carbocycles. The predicted octanol–water partition coefficient (Wildman–Crippen LogP) is 1.02. The third-order valence-corrected chi connectivity index (χ3v) is 3.06. The molecule has 0 spiro atoms. The molecule has 1 aliphatic heterocycles. The van der Waals surface area contributed by atoms with Crippen LogP contribution >= 0.6 is 0 Å². The number of amides is 1. The standard InChI is InChI=1S/C12H19NO2/c1-3-4-5-12(15)13-8-6-11(7-9-13)10(2)14/h1,10-11,14H,4-9H2,2H3. The van der Waals surface area contributed by atoms with Crippen molar-refractivity contribution in [3.63, 3.8) is 0 Å². The smallest absolute Gasteiger partial charge is 0.223 e. The molecule has 84 valence electrons. The highest BCUT2D eigenvalue weighted by Gasteiger charge is 2.24. The molecule has 0 aromatic heterocycles. The lowest BCUT2D eigenvalue weighted by Gasteiger charge is -2.33. The first kappa shape index (κ1) is 12.1. The van der Waals surface area contributed by atoms with Gasteiger partial charge in [0.15, 0.2) is 0 Å². The van der Waals surface area contributed by atoms with Gasteiger partial charge in [0.1, 0.15) is 0 Å². The van der Waals surface area contributed by atoms with Gasteiger partial charge in [0, 0.05) is 25.9 Å². The number of hydrogen-bond acceptors (Lipinski definition) is 2. The quantitative estimate of drug-likeness (QED) is 0.705. The molecule has 3 heteroatoms. The summed E-state index contributed by atoms with van der Waals surface area (Å²) in [5, 5.41) is 9.41. The van der Waals surface area contributed by atoms with Crippen LogP contribution in [-0.2, 0) is 4.79 Å². The fourth-order valence-corrected chi connectivity index (χ4v) is 1.97. The van der Waals surface area contributed by atoms with Crippen molar-refractivity contribution in [1.82, 2.24) is 4.90 Å². The highest BCUT2D eigenvalue weighted by molar-refractivity contribution is 5.76. The zero-order chi connectivity index (χ0) is 11.3. The van der Waals surface area contributed by atoms with Gasteiger partial charge in [0.2, 0.25) is 5.91 Å². The van der Waals surface area contributed by atoms with Gasteiger partial charge >= 0.3 is 0 Å². The van der Waals surface area contributed by atoms with Crippen LogP contribution in [0.1, 0.15) is 32.6 Å². The molecule has 15 heavy (non-hydrogen) atoms. The first-order valence-corrected chi connectivity index (χ1v) is 5.54. The average molecular weight is 209 g/mol. The largest absolute Gasteiger partial charge is 0.393 e. The number of aliphatic hydroxyl groups is 1. The maximum atomic E-state index is 11.6. The molecule has 1 N–H and O–H groups in total. The van der Waals surface area contributed by atoms with E-state index in [1.807, 2.05) is 11.8 Å². The summed E-state index contributed by atoms with van der Waals surface area (Å²) in [6.07, 6.45) is 7.64. The van der Waals surface area contributed by atoms with E-state index in [0.717, 1.165) is 25.9 Å². The van der Waals surface area contributed by atoms with Crippen molar-refractivity contribution >= 4 is 5.91 Å². The average Bonchev–Trinajstić information content (AvgIpc) is 2.26. The van der Waals surface area contributed by atoms with Gasteiger partial charge in [-0.05, 0) is 25.7 Å². The second kappa shape index (κ2) is 5.77. The molecule has 3 nitrogen and oxygen atoms in total. The van der Waals surface area contributed by atoms with E-state index in [1.165, 1.54) is 0 Å². The van der Waals surface area contributed by atoms with Gasteiger partial charge in [0.05, 0.1) is 6.10 Å². The number of terminal acetylenes is 1. The van der Waals surface area contributed by atoms with Crippen LogP contribution in [0.3, 0.4) is 0 Å². The number of piperidine rings is 1. The molecule has 1 rings (SSSR count). The molecule has 1 heterocycles. The van der Waals surface area contributed by atoms with Crippen molar-refractivity contribution in [2.75, 3.05) is 13.1 Å². The van der Waals surface area contributed by atoms with Crippen LogP contribution in [0.2, 0.25) is 0 Å². The summed E-state index contributed by atoms with van der Waals surface area (Å²) < 4.78 is 0. The number of carbonyl (C=O) groups excluding carboxylic acids is 1. The molecule has 1 atom stereocenters. The molecule has 0 aromatic carbocycles. The van der Waals surface area contributed by atoms with Crippen molar-refractivity contribution in [2.45, 2.75) is 38.7 Å². The minimum atomic E-state index is -0.257. The van der Waals surface area contributed by atoms with Gasteiger partial charge in [-0.15, -0.1) is 12.3 Å².